The molecular formula is C27H24N2O4S2. The Balaban J connectivity index is 1.39. The minimum absolute atomic E-state index is 0.126. The van der Waals surface area contributed by atoms with Crippen LogP contribution in [0.4, 0.5) is 11.4 Å². The van der Waals surface area contributed by atoms with Crippen LogP contribution < -0.4 is 19.7 Å². The molecule has 0 bridgehead atoms. The number of ether oxygens (including phenoxy) is 2. The molecule has 1 N–H and O–H groups in total. The maximum absolute atomic E-state index is 13.0. The first-order valence-electron chi connectivity index (χ1n) is 11.0. The minimum Gasteiger partial charge on any atom is -0.497 e. The molecule has 0 saturated carbocycles. The van der Waals surface area contributed by atoms with Crippen LogP contribution in [0.25, 0.3) is 6.08 Å². The first-order chi connectivity index (χ1) is 17.0. The maximum atomic E-state index is 13.0. The van der Waals surface area contributed by atoms with E-state index >= 15 is 0 Å². The SMILES string of the molecule is CCc1ccc(NC(=O)COc2cccc(/C=C3\SC(=S)N(c4ccc(OC)cc4)C3=O)c2)cc1. The van der Waals surface area contributed by atoms with E-state index in [0.717, 1.165) is 17.7 Å². The zero-order valence-electron chi connectivity index (χ0n) is 19.3. The molecule has 1 aliphatic rings. The van der Waals surface area contributed by atoms with Crippen molar-refractivity contribution in [1.82, 2.24) is 0 Å². The second-order valence-electron chi connectivity index (χ2n) is 7.67. The van der Waals surface area contributed by atoms with E-state index in [1.807, 2.05) is 36.4 Å². The summed E-state index contributed by atoms with van der Waals surface area (Å²) in [7, 11) is 1.59. The highest BCUT2D eigenvalue weighted by atomic mass is 32.2. The molecule has 1 aliphatic heterocycles. The Morgan fingerprint density at radius 1 is 1.06 bits per heavy atom. The Morgan fingerprint density at radius 2 is 1.80 bits per heavy atom. The molecule has 0 spiro atoms. The molecule has 3 aromatic rings. The molecule has 1 heterocycles. The lowest BCUT2D eigenvalue weighted by molar-refractivity contribution is -0.118. The summed E-state index contributed by atoms with van der Waals surface area (Å²) < 4.78 is 11.3. The maximum Gasteiger partial charge on any atom is 0.270 e. The highest BCUT2D eigenvalue weighted by Gasteiger charge is 2.33. The molecule has 0 unspecified atom stereocenters. The summed E-state index contributed by atoms with van der Waals surface area (Å²) in [4.78, 5) is 27.3. The smallest absolute Gasteiger partial charge is 0.270 e. The van der Waals surface area contributed by atoms with Crippen LogP contribution in [0.3, 0.4) is 0 Å². The van der Waals surface area contributed by atoms with Gasteiger partial charge in [0.05, 0.1) is 17.7 Å². The molecule has 1 saturated heterocycles. The Hall–Kier alpha value is -3.62. The van der Waals surface area contributed by atoms with Gasteiger partial charge in [0.1, 0.15) is 11.5 Å². The van der Waals surface area contributed by atoms with Crippen molar-refractivity contribution in [2.45, 2.75) is 13.3 Å². The molecule has 0 radical (unpaired) electrons. The van der Waals surface area contributed by atoms with Crippen LogP contribution in [0.1, 0.15) is 18.1 Å². The molecule has 8 heteroatoms. The predicted octanol–water partition coefficient (Wildman–Crippen LogP) is 5.68. The number of carbonyl (C=O) groups excluding carboxylic acids is 2. The van der Waals surface area contributed by atoms with Crippen LogP contribution in [0.15, 0.2) is 77.7 Å². The van der Waals surface area contributed by atoms with Gasteiger partial charge in [-0.05, 0) is 72.2 Å². The lowest BCUT2D eigenvalue weighted by atomic mass is 10.1. The van der Waals surface area contributed by atoms with Crippen LogP contribution in [0, 0.1) is 0 Å². The van der Waals surface area contributed by atoms with E-state index in [4.69, 9.17) is 21.7 Å². The summed E-state index contributed by atoms with van der Waals surface area (Å²) in [5, 5.41) is 2.82. The summed E-state index contributed by atoms with van der Waals surface area (Å²) in [6.07, 6.45) is 2.71. The number of amides is 2. The predicted molar refractivity (Wildman–Crippen MR) is 145 cm³/mol. The van der Waals surface area contributed by atoms with E-state index in [2.05, 4.69) is 12.2 Å². The topological polar surface area (TPSA) is 67.9 Å². The number of benzene rings is 3. The standard InChI is InChI=1S/C27H24N2O4S2/c1-3-18-7-9-20(10-8-18)28-25(30)17-33-23-6-4-5-19(15-23)16-24-26(31)29(27(34)35-24)21-11-13-22(32-2)14-12-21/h4-16H,3,17H2,1-2H3,(H,28,30)/b24-16-. The number of hydrogen-bond acceptors (Lipinski definition) is 6. The number of carbonyl (C=O) groups is 2. The van der Waals surface area contributed by atoms with Crippen molar-refractivity contribution in [3.8, 4) is 11.5 Å². The summed E-state index contributed by atoms with van der Waals surface area (Å²) in [5.41, 5.74) is 3.39. The second-order valence-corrected chi connectivity index (χ2v) is 9.35. The molecule has 4 rings (SSSR count). The Kier molecular flexibility index (Phi) is 7.84. The molecule has 178 valence electrons. The number of nitrogens with one attached hydrogen (secondary N) is 1. The van der Waals surface area contributed by atoms with Gasteiger partial charge in [-0.15, -0.1) is 0 Å². The monoisotopic (exact) mass is 504 g/mol. The number of hydrogen-bond donors (Lipinski definition) is 1. The van der Waals surface area contributed by atoms with Crippen molar-refractivity contribution < 1.29 is 19.1 Å². The highest BCUT2D eigenvalue weighted by molar-refractivity contribution is 8.27. The van der Waals surface area contributed by atoms with Gasteiger partial charge in [0.25, 0.3) is 11.8 Å². The van der Waals surface area contributed by atoms with Gasteiger partial charge in [-0.3, -0.25) is 14.5 Å². The number of methoxy groups -OCH3 is 1. The first kappa shape index (κ1) is 24.5. The number of aryl methyl sites for hydroxylation is 1. The van der Waals surface area contributed by atoms with E-state index in [-0.39, 0.29) is 18.4 Å². The molecule has 6 nitrogen and oxygen atoms in total. The Labute approximate surface area is 213 Å². The fourth-order valence-electron chi connectivity index (χ4n) is 3.44. The third-order valence-electron chi connectivity index (χ3n) is 5.30. The molecule has 0 aliphatic carbocycles. The third-order valence-corrected chi connectivity index (χ3v) is 6.60. The Morgan fingerprint density at radius 3 is 2.49 bits per heavy atom. The number of thioether (sulfide) groups is 1. The average molecular weight is 505 g/mol. The summed E-state index contributed by atoms with van der Waals surface area (Å²) >= 11 is 6.69. The van der Waals surface area contributed by atoms with Crippen LogP contribution in [-0.4, -0.2) is 29.9 Å². The first-order valence-corrected chi connectivity index (χ1v) is 12.2. The quantitative estimate of drug-likeness (QED) is 0.314. The van der Waals surface area contributed by atoms with Crippen molar-refractivity contribution in [2.75, 3.05) is 23.9 Å². The van der Waals surface area contributed by atoms with Crippen molar-refractivity contribution in [1.29, 1.82) is 0 Å². The number of rotatable bonds is 8. The van der Waals surface area contributed by atoms with Gasteiger partial charge in [0.15, 0.2) is 10.9 Å². The van der Waals surface area contributed by atoms with Gasteiger partial charge in [-0.25, -0.2) is 0 Å². The largest absolute Gasteiger partial charge is 0.497 e. The van der Waals surface area contributed by atoms with Crippen molar-refractivity contribution in [3.63, 3.8) is 0 Å². The molecule has 0 atom stereocenters. The minimum atomic E-state index is -0.250. The Bertz CT molecular complexity index is 1270. The molecule has 3 aromatic carbocycles. The second kappa shape index (κ2) is 11.2. The van der Waals surface area contributed by atoms with Crippen LogP contribution in [0.2, 0.25) is 0 Å². The molecule has 35 heavy (non-hydrogen) atoms. The van der Waals surface area contributed by atoms with E-state index in [9.17, 15) is 9.59 Å². The normalized spacial score (nSPS) is 14.3. The van der Waals surface area contributed by atoms with Crippen molar-refractivity contribution in [3.05, 3.63) is 88.8 Å². The summed E-state index contributed by atoms with van der Waals surface area (Å²) in [5.74, 6) is 0.792. The van der Waals surface area contributed by atoms with Gasteiger partial charge in [-0.1, -0.05) is 55.2 Å². The van der Waals surface area contributed by atoms with Gasteiger partial charge in [-0.2, -0.15) is 0 Å². The van der Waals surface area contributed by atoms with E-state index in [1.54, 1.807) is 49.6 Å². The molecular weight excluding hydrogens is 480 g/mol. The molecule has 0 aromatic heterocycles. The summed E-state index contributed by atoms with van der Waals surface area (Å²) in [6, 6.07) is 22.1. The van der Waals surface area contributed by atoms with E-state index in [0.29, 0.717) is 26.4 Å². The van der Waals surface area contributed by atoms with E-state index in [1.165, 1.54) is 22.2 Å². The fraction of sp³-hybridized carbons (Fsp3) is 0.148. The van der Waals surface area contributed by atoms with Crippen molar-refractivity contribution >= 4 is 57.6 Å². The van der Waals surface area contributed by atoms with Gasteiger partial charge in [0.2, 0.25) is 0 Å². The zero-order chi connectivity index (χ0) is 24.8. The van der Waals surface area contributed by atoms with Gasteiger partial charge < -0.3 is 14.8 Å². The average Bonchev–Trinajstić information content (AvgIpc) is 3.15. The third kappa shape index (κ3) is 6.09. The highest BCUT2D eigenvalue weighted by Crippen LogP contribution is 2.36. The van der Waals surface area contributed by atoms with Gasteiger partial charge in [0, 0.05) is 5.69 Å². The van der Waals surface area contributed by atoms with Crippen LogP contribution in [0.5, 0.6) is 11.5 Å². The van der Waals surface area contributed by atoms with Gasteiger partial charge >= 0.3 is 0 Å². The lowest BCUT2D eigenvalue weighted by Gasteiger charge is -2.14. The molecule has 1 fully saturated rings. The zero-order valence-corrected chi connectivity index (χ0v) is 20.9. The number of thiocarbonyl (C=S) groups is 1. The summed E-state index contributed by atoms with van der Waals surface area (Å²) in [6.45, 7) is 1.95. The number of nitrogens with zero attached hydrogens (tertiary/aromatic N) is 1. The number of anilines is 2. The van der Waals surface area contributed by atoms with Crippen LogP contribution in [-0.2, 0) is 16.0 Å². The molecule has 2 amide bonds. The van der Waals surface area contributed by atoms with E-state index < -0.39 is 0 Å². The van der Waals surface area contributed by atoms with Crippen molar-refractivity contribution in [2.24, 2.45) is 0 Å². The van der Waals surface area contributed by atoms with Crippen LogP contribution >= 0.6 is 24.0 Å². The lowest BCUT2D eigenvalue weighted by Crippen LogP contribution is -2.27. The fourth-order valence-corrected chi connectivity index (χ4v) is 4.74.